The first-order valence-electron chi connectivity index (χ1n) is 6.73. The molecular formula is C15H22N2O. The molecule has 0 aliphatic heterocycles. The minimum absolute atomic E-state index is 0.209. The Bertz CT molecular complexity index is 438. The fourth-order valence-electron chi connectivity index (χ4n) is 2.24. The molecule has 0 heterocycles. The average molecular weight is 246 g/mol. The maximum absolute atomic E-state index is 12.1. The smallest absolute Gasteiger partial charge is 0.242 e. The van der Waals surface area contributed by atoms with Crippen molar-refractivity contribution in [2.45, 2.75) is 39.7 Å². The van der Waals surface area contributed by atoms with Crippen LogP contribution in [0.4, 0.5) is 5.69 Å². The molecule has 0 radical (unpaired) electrons. The van der Waals surface area contributed by atoms with Crippen LogP contribution in [0, 0.1) is 13.8 Å². The largest absolute Gasteiger partial charge is 0.376 e. The van der Waals surface area contributed by atoms with Gasteiger partial charge in [0.1, 0.15) is 0 Å². The lowest BCUT2D eigenvalue weighted by molar-refractivity contribution is -0.129. The molecule has 1 saturated carbocycles. The second-order valence-corrected chi connectivity index (χ2v) is 5.01. The number of nitrogens with zero attached hydrogens (tertiary/aromatic N) is 1. The maximum Gasteiger partial charge on any atom is 0.242 e. The van der Waals surface area contributed by atoms with Gasteiger partial charge in [0, 0.05) is 18.3 Å². The Morgan fingerprint density at radius 3 is 2.72 bits per heavy atom. The van der Waals surface area contributed by atoms with E-state index < -0.39 is 0 Å². The summed E-state index contributed by atoms with van der Waals surface area (Å²) in [6.45, 7) is 7.44. The second kappa shape index (κ2) is 5.42. The lowest BCUT2D eigenvalue weighted by Crippen LogP contribution is -2.37. The van der Waals surface area contributed by atoms with Crippen molar-refractivity contribution in [3.63, 3.8) is 0 Å². The summed E-state index contributed by atoms with van der Waals surface area (Å²) in [4.78, 5) is 14.1. The van der Waals surface area contributed by atoms with Crippen molar-refractivity contribution in [3.8, 4) is 0 Å². The minimum Gasteiger partial charge on any atom is -0.376 e. The number of aryl methyl sites for hydroxylation is 1. The topological polar surface area (TPSA) is 32.3 Å². The number of likely N-dealkylation sites (N-methyl/N-ethyl adjacent to an activating group) is 1. The number of benzene rings is 1. The molecule has 2 rings (SSSR count). The zero-order valence-corrected chi connectivity index (χ0v) is 11.5. The number of carbonyl (C=O) groups is 1. The summed E-state index contributed by atoms with van der Waals surface area (Å²) in [7, 11) is 0. The van der Waals surface area contributed by atoms with Gasteiger partial charge in [-0.3, -0.25) is 4.79 Å². The van der Waals surface area contributed by atoms with Gasteiger partial charge in [0.05, 0.1) is 6.54 Å². The van der Waals surface area contributed by atoms with Gasteiger partial charge in [0.2, 0.25) is 5.91 Å². The van der Waals surface area contributed by atoms with Crippen LogP contribution in [0.5, 0.6) is 0 Å². The van der Waals surface area contributed by atoms with Crippen LogP contribution in [0.3, 0.4) is 0 Å². The number of anilines is 1. The lowest BCUT2D eigenvalue weighted by Gasteiger charge is -2.21. The van der Waals surface area contributed by atoms with Gasteiger partial charge < -0.3 is 10.2 Å². The molecule has 1 aromatic carbocycles. The van der Waals surface area contributed by atoms with Crippen molar-refractivity contribution in [2.75, 3.05) is 18.4 Å². The Hall–Kier alpha value is -1.51. The summed E-state index contributed by atoms with van der Waals surface area (Å²) in [6, 6.07) is 6.64. The monoisotopic (exact) mass is 246 g/mol. The SMILES string of the molecule is CCN(C(=O)CNc1cccc(C)c1C)C1CC1. The van der Waals surface area contributed by atoms with E-state index in [2.05, 4.69) is 25.2 Å². The number of carbonyl (C=O) groups excluding carboxylic acids is 1. The molecule has 1 aliphatic rings. The Morgan fingerprint density at radius 2 is 2.11 bits per heavy atom. The predicted octanol–water partition coefficient (Wildman–Crippen LogP) is 2.73. The Morgan fingerprint density at radius 1 is 1.39 bits per heavy atom. The molecule has 1 aromatic rings. The van der Waals surface area contributed by atoms with E-state index in [9.17, 15) is 4.79 Å². The molecule has 0 spiro atoms. The highest BCUT2D eigenvalue weighted by molar-refractivity contribution is 5.81. The minimum atomic E-state index is 0.209. The molecular weight excluding hydrogens is 224 g/mol. The number of rotatable bonds is 5. The normalized spacial score (nSPS) is 14.4. The highest BCUT2D eigenvalue weighted by atomic mass is 16.2. The van der Waals surface area contributed by atoms with E-state index in [0.29, 0.717) is 12.6 Å². The van der Waals surface area contributed by atoms with E-state index in [1.165, 1.54) is 24.0 Å². The maximum atomic E-state index is 12.1. The van der Waals surface area contributed by atoms with Gasteiger partial charge in [-0.25, -0.2) is 0 Å². The zero-order chi connectivity index (χ0) is 13.1. The van der Waals surface area contributed by atoms with Crippen LogP contribution >= 0.6 is 0 Å². The molecule has 18 heavy (non-hydrogen) atoms. The Kier molecular flexibility index (Phi) is 3.90. The molecule has 0 unspecified atom stereocenters. The van der Waals surface area contributed by atoms with Crippen molar-refractivity contribution in [2.24, 2.45) is 0 Å². The third-order valence-corrected chi connectivity index (χ3v) is 3.68. The van der Waals surface area contributed by atoms with Crippen LogP contribution in [0.15, 0.2) is 18.2 Å². The van der Waals surface area contributed by atoms with Crippen LogP contribution in [0.2, 0.25) is 0 Å². The van der Waals surface area contributed by atoms with Crippen molar-refractivity contribution in [1.29, 1.82) is 0 Å². The fraction of sp³-hybridized carbons (Fsp3) is 0.533. The van der Waals surface area contributed by atoms with Gasteiger partial charge in [-0.05, 0) is 50.8 Å². The van der Waals surface area contributed by atoms with Gasteiger partial charge >= 0.3 is 0 Å². The molecule has 0 aromatic heterocycles. The van der Waals surface area contributed by atoms with Crippen LogP contribution in [-0.4, -0.2) is 29.9 Å². The first kappa shape index (κ1) is 12.9. The molecule has 1 fully saturated rings. The summed E-state index contributed by atoms with van der Waals surface area (Å²) in [5.41, 5.74) is 3.54. The number of amides is 1. The molecule has 1 aliphatic carbocycles. The summed E-state index contributed by atoms with van der Waals surface area (Å²) in [5, 5.41) is 3.26. The van der Waals surface area contributed by atoms with E-state index in [1.54, 1.807) is 0 Å². The molecule has 0 saturated heterocycles. The van der Waals surface area contributed by atoms with Crippen LogP contribution in [-0.2, 0) is 4.79 Å². The third-order valence-electron chi connectivity index (χ3n) is 3.68. The average Bonchev–Trinajstić information content (AvgIpc) is 3.16. The first-order valence-corrected chi connectivity index (χ1v) is 6.73. The molecule has 3 heteroatoms. The Balaban J connectivity index is 1.94. The highest BCUT2D eigenvalue weighted by Gasteiger charge is 2.30. The molecule has 1 amide bonds. The van der Waals surface area contributed by atoms with E-state index in [4.69, 9.17) is 0 Å². The number of hydrogen-bond donors (Lipinski definition) is 1. The summed E-state index contributed by atoms with van der Waals surface area (Å²) >= 11 is 0. The van der Waals surface area contributed by atoms with Gasteiger partial charge in [0.15, 0.2) is 0 Å². The lowest BCUT2D eigenvalue weighted by atomic mass is 10.1. The van der Waals surface area contributed by atoms with E-state index in [0.717, 1.165) is 12.2 Å². The summed E-state index contributed by atoms with van der Waals surface area (Å²) in [5.74, 6) is 0.209. The fourth-order valence-corrected chi connectivity index (χ4v) is 2.24. The van der Waals surface area contributed by atoms with Crippen LogP contribution in [0.25, 0.3) is 0 Å². The molecule has 1 N–H and O–H groups in total. The molecule has 0 bridgehead atoms. The predicted molar refractivity (Wildman–Crippen MR) is 74.8 cm³/mol. The summed E-state index contributed by atoms with van der Waals surface area (Å²) < 4.78 is 0. The number of nitrogens with one attached hydrogen (secondary N) is 1. The quantitative estimate of drug-likeness (QED) is 0.866. The zero-order valence-electron chi connectivity index (χ0n) is 11.5. The van der Waals surface area contributed by atoms with Crippen LogP contribution < -0.4 is 5.32 Å². The van der Waals surface area contributed by atoms with E-state index >= 15 is 0 Å². The van der Waals surface area contributed by atoms with Gasteiger partial charge in [-0.1, -0.05) is 12.1 Å². The molecule has 98 valence electrons. The highest BCUT2D eigenvalue weighted by Crippen LogP contribution is 2.26. The molecule has 0 atom stereocenters. The van der Waals surface area contributed by atoms with E-state index in [1.807, 2.05) is 24.0 Å². The van der Waals surface area contributed by atoms with Crippen molar-refractivity contribution in [1.82, 2.24) is 4.90 Å². The van der Waals surface area contributed by atoms with Gasteiger partial charge in [-0.2, -0.15) is 0 Å². The van der Waals surface area contributed by atoms with Crippen molar-refractivity contribution in [3.05, 3.63) is 29.3 Å². The second-order valence-electron chi connectivity index (χ2n) is 5.01. The third kappa shape index (κ3) is 2.84. The van der Waals surface area contributed by atoms with Crippen LogP contribution in [0.1, 0.15) is 30.9 Å². The standard InChI is InChI=1S/C15H22N2O/c1-4-17(13-8-9-13)15(18)10-16-14-7-5-6-11(2)12(14)3/h5-7,13,16H,4,8-10H2,1-3H3. The van der Waals surface area contributed by atoms with Crippen molar-refractivity contribution < 1.29 is 4.79 Å². The molecule has 3 nitrogen and oxygen atoms in total. The van der Waals surface area contributed by atoms with Gasteiger partial charge in [0.25, 0.3) is 0 Å². The number of hydrogen-bond acceptors (Lipinski definition) is 2. The van der Waals surface area contributed by atoms with E-state index in [-0.39, 0.29) is 5.91 Å². The summed E-state index contributed by atoms with van der Waals surface area (Å²) in [6.07, 6.45) is 2.34. The van der Waals surface area contributed by atoms with Gasteiger partial charge in [-0.15, -0.1) is 0 Å². The first-order chi connectivity index (χ1) is 8.63. The Labute approximate surface area is 109 Å². The van der Waals surface area contributed by atoms with Crippen molar-refractivity contribution >= 4 is 11.6 Å².